The fraction of sp³-hybridized carbons (Fsp3) is 0.125. The molecule has 184 valence electrons. The zero-order chi connectivity index (χ0) is 26.0. The molecule has 0 bridgehead atoms. The number of rotatable bonds is 5. The van der Waals surface area contributed by atoms with Crippen molar-refractivity contribution in [3.8, 4) is 0 Å². The second-order valence-corrected chi connectivity index (χ2v) is 8.14. The Balaban J connectivity index is 1.52. The van der Waals surface area contributed by atoms with Crippen LogP contribution in [0.1, 0.15) is 37.5 Å². The van der Waals surface area contributed by atoms with Crippen molar-refractivity contribution >= 4 is 51.5 Å². The average Bonchev–Trinajstić information content (AvgIpc) is 3.27. The van der Waals surface area contributed by atoms with Crippen LogP contribution in [-0.2, 0) is 10.9 Å². The molecule has 0 aliphatic rings. The molecule has 0 fully saturated rings. The number of hydrogen-bond donors (Lipinski definition) is 3. The molecule has 4 aromatic rings. The number of carbonyl (C=O) groups excluding carboxylic acids is 2. The summed E-state index contributed by atoms with van der Waals surface area (Å²) in [7, 11) is 1.28. The number of aromatic nitrogens is 3. The van der Waals surface area contributed by atoms with Crippen LogP contribution in [0.15, 0.2) is 55.0 Å². The fourth-order valence-electron chi connectivity index (χ4n) is 3.37. The number of H-pyrrole nitrogens is 1. The van der Waals surface area contributed by atoms with E-state index in [0.717, 1.165) is 17.8 Å². The van der Waals surface area contributed by atoms with Gasteiger partial charge in [-0.3, -0.25) is 9.78 Å². The second kappa shape index (κ2) is 9.74. The number of nitrogens with one attached hydrogen (secondary N) is 3. The van der Waals surface area contributed by atoms with Crippen molar-refractivity contribution in [2.45, 2.75) is 13.1 Å². The molecule has 12 heteroatoms. The Morgan fingerprint density at radius 2 is 1.81 bits per heavy atom. The van der Waals surface area contributed by atoms with Crippen LogP contribution in [0.4, 0.5) is 24.5 Å². The summed E-state index contributed by atoms with van der Waals surface area (Å²) in [4.78, 5) is 35.2. The minimum Gasteiger partial charge on any atom is -0.464 e. The van der Waals surface area contributed by atoms with Gasteiger partial charge in [0.25, 0.3) is 5.91 Å². The van der Waals surface area contributed by atoms with E-state index >= 15 is 0 Å². The molecule has 36 heavy (non-hydrogen) atoms. The summed E-state index contributed by atoms with van der Waals surface area (Å²) in [5.41, 5.74) is 1.80. The van der Waals surface area contributed by atoms with Gasteiger partial charge < -0.3 is 20.4 Å². The molecule has 4 rings (SSSR count). The number of fused-ring (bicyclic) bond motifs is 1. The van der Waals surface area contributed by atoms with Crippen LogP contribution in [-0.4, -0.2) is 38.9 Å². The predicted molar refractivity (Wildman–Crippen MR) is 131 cm³/mol. The molecule has 0 saturated carbocycles. The molecule has 0 aliphatic heterocycles. The molecule has 0 spiro atoms. The molecule has 0 aliphatic carbocycles. The number of alkyl halides is 3. The van der Waals surface area contributed by atoms with Crippen LogP contribution in [0.25, 0.3) is 11.0 Å². The first kappa shape index (κ1) is 24.8. The Labute approximate surface area is 207 Å². The highest BCUT2D eigenvalue weighted by molar-refractivity contribution is 7.81. The number of methoxy groups -OCH3 is 1. The number of aryl methyl sites for hydroxylation is 1. The number of ether oxygens (including phenoxy) is 1. The van der Waals surface area contributed by atoms with Gasteiger partial charge in [-0.25, -0.2) is 9.78 Å². The molecular weight excluding hydrogens is 495 g/mol. The normalized spacial score (nSPS) is 11.2. The summed E-state index contributed by atoms with van der Waals surface area (Å²) in [5.74, 6) is -1.26. The van der Waals surface area contributed by atoms with Crippen LogP contribution in [0, 0.1) is 6.92 Å². The smallest absolute Gasteiger partial charge is 0.417 e. The van der Waals surface area contributed by atoms with Crippen LogP contribution in [0.5, 0.6) is 0 Å². The van der Waals surface area contributed by atoms with Crippen molar-refractivity contribution in [3.63, 3.8) is 0 Å². The summed E-state index contributed by atoms with van der Waals surface area (Å²) >= 11 is 5.53. The first-order valence-corrected chi connectivity index (χ1v) is 10.8. The number of thiocarbonyl (C=S) groups is 1. The van der Waals surface area contributed by atoms with E-state index in [1.54, 1.807) is 30.3 Å². The van der Waals surface area contributed by atoms with E-state index in [0.29, 0.717) is 39.2 Å². The largest absolute Gasteiger partial charge is 0.464 e. The number of hydrogen-bond acceptors (Lipinski definition) is 6. The van der Waals surface area contributed by atoms with Crippen molar-refractivity contribution in [2.75, 3.05) is 17.7 Å². The molecule has 3 heterocycles. The maximum absolute atomic E-state index is 12.9. The molecule has 1 aromatic carbocycles. The molecule has 8 nitrogen and oxygen atoms in total. The lowest BCUT2D eigenvalue weighted by molar-refractivity contribution is -0.137. The number of halogens is 3. The Bertz CT molecular complexity index is 1500. The zero-order valence-electron chi connectivity index (χ0n) is 18.9. The summed E-state index contributed by atoms with van der Waals surface area (Å²) in [6.45, 7) is 1.82. The van der Waals surface area contributed by atoms with Crippen molar-refractivity contribution in [2.24, 2.45) is 0 Å². The minimum atomic E-state index is -4.61. The number of benzene rings is 1. The topological polar surface area (TPSA) is 109 Å². The standard InChI is InChI=1S/C24H18F3N5O3S/c1-12-3-4-16(30-21(33)14-5-15(10-28-9-14)24(25,26)27)8-18(12)22(36)31-17-6-13-7-19(23(34)35-2)32-20(13)29-11-17/h3-11H,1-2H3,(H,29,32)(H,30,33)(H,31,36). The summed E-state index contributed by atoms with van der Waals surface area (Å²) < 4.78 is 43.5. The van der Waals surface area contributed by atoms with Crippen LogP contribution >= 0.6 is 12.2 Å². The van der Waals surface area contributed by atoms with Gasteiger partial charge in [0.1, 0.15) is 16.3 Å². The molecular formula is C24H18F3N5O3S. The van der Waals surface area contributed by atoms with Gasteiger partial charge >= 0.3 is 12.1 Å². The summed E-state index contributed by atoms with van der Waals surface area (Å²) in [6, 6.07) is 9.04. The fourth-order valence-corrected chi connectivity index (χ4v) is 3.71. The van der Waals surface area contributed by atoms with Crippen LogP contribution in [0.2, 0.25) is 0 Å². The number of esters is 1. The number of anilines is 2. The number of pyridine rings is 2. The number of amides is 1. The van der Waals surface area contributed by atoms with Gasteiger partial charge in [0.15, 0.2) is 0 Å². The van der Waals surface area contributed by atoms with Crippen molar-refractivity contribution in [1.29, 1.82) is 0 Å². The second-order valence-electron chi connectivity index (χ2n) is 7.73. The average molecular weight is 514 g/mol. The Morgan fingerprint density at radius 1 is 1.03 bits per heavy atom. The van der Waals surface area contributed by atoms with Gasteiger partial charge in [0.2, 0.25) is 0 Å². The van der Waals surface area contributed by atoms with E-state index in [1.807, 2.05) is 6.92 Å². The highest BCUT2D eigenvalue weighted by atomic mass is 32.1. The van der Waals surface area contributed by atoms with E-state index in [9.17, 15) is 22.8 Å². The van der Waals surface area contributed by atoms with Crippen molar-refractivity contribution in [3.05, 3.63) is 82.9 Å². The molecule has 3 aromatic heterocycles. The maximum Gasteiger partial charge on any atom is 0.417 e. The lowest BCUT2D eigenvalue weighted by Gasteiger charge is -2.13. The highest BCUT2D eigenvalue weighted by Crippen LogP contribution is 2.29. The maximum atomic E-state index is 12.9. The molecule has 3 N–H and O–H groups in total. The lowest BCUT2D eigenvalue weighted by Crippen LogP contribution is -2.16. The van der Waals surface area contributed by atoms with Crippen LogP contribution < -0.4 is 10.6 Å². The van der Waals surface area contributed by atoms with Gasteiger partial charge in [-0.15, -0.1) is 0 Å². The lowest BCUT2D eigenvalue weighted by atomic mass is 10.1. The number of aromatic amines is 1. The van der Waals surface area contributed by atoms with E-state index in [2.05, 4.69) is 25.6 Å². The third-order valence-corrected chi connectivity index (χ3v) is 5.52. The number of nitrogens with zero attached hydrogens (tertiary/aromatic N) is 2. The third kappa shape index (κ3) is 5.33. The van der Waals surface area contributed by atoms with Gasteiger partial charge in [-0.1, -0.05) is 18.3 Å². The zero-order valence-corrected chi connectivity index (χ0v) is 19.7. The minimum absolute atomic E-state index is 0.232. The SMILES string of the molecule is COC(=O)c1cc2cc(NC(=S)c3cc(NC(=O)c4cncc(C(F)(F)F)c4)ccc3C)cnc2[nH]1. The predicted octanol–water partition coefficient (Wildman–Crippen LogP) is 5.11. The van der Waals surface area contributed by atoms with Crippen molar-refractivity contribution < 1.29 is 27.5 Å². The van der Waals surface area contributed by atoms with Crippen molar-refractivity contribution in [1.82, 2.24) is 15.0 Å². The van der Waals surface area contributed by atoms with Gasteiger partial charge in [-0.05, 0) is 42.8 Å². The molecule has 1 amide bonds. The monoisotopic (exact) mass is 513 g/mol. The first-order chi connectivity index (χ1) is 17.0. The third-order valence-electron chi connectivity index (χ3n) is 5.20. The number of carbonyl (C=O) groups is 2. The Hall–Kier alpha value is -4.32. The molecule has 0 unspecified atom stereocenters. The van der Waals surface area contributed by atoms with Gasteiger partial charge in [0.05, 0.1) is 30.1 Å². The van der Waals surface area contributed by atoms with E-state index in [-0.39, 0.29) is 11.3 Å². The van der Waals surface area contributed by atoms with E-state index in [1.165, 1.54) is 13.3 Å². The van der Waals surface area contributed by atoms with Crippen LogP contribution in [0.3, 0.4) is 0 Å². The Kier molecular flexibility index (Phi) is 6.71. The molecule has 0 atom stereocenters. The molecule has 0 saturated heterocycles. The molecule has 0 radical (unpaired) electrons. The van der Waals surface area contributed by atoms with Gasteiger partial charge in [-0.2, -0.15) is 13.2 Å². The van der Waals surface area contributed by atoms with Gasteiger partial charge in [0, 0.05) is 29.0 Å². The van der Waals surface area contributed by atoms with E-state index in [4.69, 9.17) is 17.0 Å². The quantitative estimate of drug-likeness (QED) is 0.251. The first-order valence-electron chi connectivity index (χ1n) is 10.4. The summed E-state index contributed by atoms with van der Waals surface area (Å²) in [6.07, 6.45) is -1.37. The summed E-state index contributed by atoms with van der Waals surface area (Å²) in [5, 5.41) is 6.31. The highest BCUT2D eigenvalue weighted by Gasteiger charge is 2.31. The Morgan fingerprint density at radius 3 is 2.53 bits per heavy atom. The van der Waals surface area contributed by atoms with E-state index < -0.39 is 23.6 Å².